The van der Waals surface area contributed by atoms with Gasteiger partial charge in [0.15, 0.2) is 15.4 Å². The zero-order chi connectivity index (χ0) is 28.4. The number of hydrogen-bond acceptors (Lipinski definition) is 5. The van der Waals surface area contributed by atoms with E-state index in [9.17, 15) is 35.9 Å². The normalized spacial score (nSPS) is 13.4. The van der Waals surface area contributed by atoms with Crippen LogP contribution in [-0.2, 0) is 27.2 Å². The lowest BCUT2D eigenvalue weighted by atomic mass is 9.93. The fraction of sp³-hybridized carbons (Fsp3) is 0.143. The van der Waals surface area contributed by atoms with E-state index in [1.54, 1.807) is 30.3 Å². The quantitative estimate of drug-likeness (QED) is 0.239. The summed E-state index contributed by atoms with van der Waals surface area (Å²) in [6.07, 6.45) is -5.41. The number of halogens is 4. The molecule has 2 N–H and O–H groups in total. The third-order valence-electron chi connectivity index (χ3n) is 6.04. The highest BCUT2D eigenvalue weighted by atomic mass is 32.2. The summed E-state index contributed by atoms with van der Waals surface area (Å²) in [5.74, 6) is -3.12. The van der Waals surface area contributed by atoms with Gasteiger partial charge in [-0.3, -0.25) is 4.79 Å². The second kappa shape index (κ2) is 10.5. The number of alkyl halides is 3. The average Bonchev–Trinajstić information content (AvgIpc) is 2.88. The third kappa shape index (κ3) is 6.25. The van der Waals surface area contributed by atoms with Crippen molar-refractivity contribution >= 4 is 32.2 Å². The summed E-state index contributed by atoms with van der Waals surface area (Å²) < 4.78 is 79.9. The number of carbonyl (C=O) groups is 1. The van der Waals surface area contributed by atoms with E-state index in [0.29, 0.717) is 11.6 Å². The van der Waals surface area contributed by atoms with Gasteiger partial charge in [-0.05, 0) is 58.8 Å². The minimum absolute atomic E-state index is 0.355. The number of amides is 1. The van der Waals surface area contributed by atoms with Crippen LogP contribution in [0.3, 0.4) is 0 Å². The first-order valence-corrected chi connectivity index (χ1v) is 13.1. The SMILES string of the molecule is N#Cc1ccc(NC(=O)[C@](O)(Cc2ccc3ccccc3c2)CS(=O)(=O)c2ccc(F)cc2)cc1C(F)(F)F. The van der Waals surface area contributed by atoms with E-state index < -0.39 is 62.3 Å². The third-order valence-corrected chi connectivity index (χ3v) is 7.89. The molecule has 0 saturated heterocycles. The Balaban J connectivity index is 1.73. The fourth-order valence-corrected chi connectivity index (χ4v) is 5.70. The van der Waals surface area contributed by atoms with E-state index in [1.165, 1.54) is 6.07 Å². The number of sulfone groups is 1. The molecule has 4 aromatic rings. The first-order chi connectivity index (χ1) is 18.3. The van der Waals surface area contributed by atoms with Gasteiger partial charge in [0, 0.05) is 12.1 Å². The lowest BCUT2D eigenvalue weighted by Crippen LogP contribution is -2.50. The minimum atomic E-state index is -4.90. The lowest BCUT2D eigenvalue weighted by molar-refractivity contribution is -0.138. The van der Waals surface area contributed by atoms with Crippen LogP contribution in [0.15, 0.2) is 89.8 Å². The molecule has 0 aliphatic carbocycles. The topological polar surface area (TPSA) is 107 Å². The van der Waals surface area contributed by atoms with Gasteiger partial charge in [-0.25, -0.2) is 12.8 Å². The van der Waals surface area contributed by atoms with Crippen LogP contribution in [0, 0.1) is 17.1 Å². The Hall–Kier alpha value is -4.27. The second-order valence-corrected chi connectivity index (χ2v) is 10.9. The van der Waals surface area contributed by atoms with Crippen LogP contribution in [0.2, 0.25) is 0 Å². The largest absolute Gasteiger partial charge is 0.417 e. The average molecular weight is 557 g/mol. The summed E-state index contributed by atoms with van der Waals surface area (Å²) >= 11 is 0. The molecule has 4 rings (SSSR count). The lowest BCUT2D eigenvalue weighted by Gasteiger charge is -2.27. The number of benzene rings is 4. The van der Waals surface area contributed by atoms with E-state index in [2.05, 4.69) is 5.32 Å². The van der Waals surface area contributed by atoms with Crippen molar-refractivity contribution in [2.24, 2.45) is 0 Å². The molecule has 0 aromatic heterocycles. The molecular formula is C28H20F4N2O4S. The van der Waals surface area contributed by atoms with Gasteiger partial charge < -0.3 is 10.4 Å². The number of nitriles is 1. The number of anilines is 1. The van der Waals surface area contributed by atoms with E-state index >= 15 is 0 Å². The summed E-state index contributed by atoms with van der Waals surface area (Å²) in [4.78, 5) is 13.0. The standard InChI is InChI=1S/C28H20F4N2O4S/c29-22-8-11-24(12-9-22)39(37,38)17-27(36,15-18-5-6-19-3-1-2-4-20(19)13-18)26(35)34-23-10-7-21(16-33)25(14-23)28(30,31)32/h1-14,36H,15,17H2,(H,34,35)/t27-/m0/s1. The molecule has 0 saturated carbocycles. The maximum atomic E-state index is 13.4. The van der Waals surface area contributed by atoms with Crippen molar-refractivity contribution in [2.75, 3.05) is 11.1 Å². The van der Waals surface area contributed by atoms with Gasteiger partial charge in [0.1, 0.15) is 5.82 Å². The predicted octanol–water partition coefficient (Wildman–Crippen LogP) is 5.26. The summed E-state index contributed by atoms with van der Waals surface area (Å²) in [6.45, 7) is 0. The van der Waals surface area contributed by atoms with Crippen molar-refractivity contribution in [3.63, 3.8) is 0 Å². The molecule has 0 heterocycles. The molecule has 0 fully saturated rings. The van der Waals surface area contributed by atoms with Gasteiger partial charge in [-0.2, -0.15) is 18.4 Å². The molecule has 0 bridgehead atoms. The van der Waals surface area contributed by atoms with Crippen LogP contribution in [0.1, 0.15) is 16.7 Å². The van der Waals surface area contributed by atoms with Gasteiger partial charge in [0.2, 0.25) is 0 Å². The van der Waals surface area contributed by atoms with Crippen LogP contribution in [-0.4, -0.2) is 30.8 Å². The molecule has 0 aliphatic heterocycles. The second-order valence-electron chi connectivity index (χ2n) is 8.93. The Morgan fingerprint density at radius 3 is 2.23 bits per heavy atom. The van der Waals surface area contributed by atoms with Crippen LogP contribution < -0.4 is 5.32 Å². The minimum Gasteiger partial charge on any atom is -0.379 e. The number of aliphatic hydroxyl groups is 1. The van der Waals surface area contributed by atoms with E-state index in [0.717, 1.165) is 47.2 Å². The Morgan fingerprint density at radius 2 is 1.59 bits per heavy atom. The van der Waals surface area contributed by atoms with Crippen LogP contribution >= 0.6 is 0 Å². The Labute approximate surface area is 221 Å². The molecule has 0 radical (unpaired) electrons. The summed E-state index contributed by atoms with van der Waals surface area (Å²) in [5.41, 5.74) is -4.65. The highest BCUT2D eigenvalue weighted by Gasteiger charge is 2.42. The number of nitrogens with zero attached hydrogens (tertiary/aromatic N) is 1. The van der Waals surface area contributed by atoms with Crippen molar-refractivity contribution < 1.29 is 35.9 Å². The van der Waals surface area contributed by atoms with E-state index in [1.807, 2.05) is 12.1 Å². The Bertz CT molecular complexity index is 1700. The first kappa shape index (κ1) is 27.8. The van der Waals surface area contributed by atoms with Crippen molar-refractivity contribution in [3.05, 3.63) is 107 Å². The van der Waals surface area contributed by atoms with Gasteiger partial charge in [-0.15, -0.1) is 0 Å². The van der Waals surface area contributed by atoms with E-state index in [4.69, 9.17) is 5.26 Å². The molecule has 0 spiro atoms. The maximum absolute atomic E-state index is 13.4. The Morgan fingerprint density at radius 1 is 0.923 bits per heavy atom. The number of carbonyl (C=O) groups excluding carboxylic acids is 1. The van der Waals surface area contributed by atoms with Gasteiger partial charge in [0.25, 0.3) is 5.91 Å². The van der Waals surface area contributed by atoms with Crippen LogP contribution in [0.4, 0.5) is 23.2 Å². The van der Waals surface area contributed by atoms with Gasteiger partial charge in [-0.1, -0.05) is 42.5 Å². The van der Waals surface area contributed by atoms with Crippen LogP contribution in [0.25, 0.3) is 10.8 Å². The van der Waals surface area contributed by atoms with Crippen LogP contribution in [0.5, 0.6) is 0 Å². The van der Waals surface area contributed by atoms with E-state index in [-0.39, 0.29) is 4.90 Å². The molecular weight excluding hydrogens is 536 g/mol. The summed E-state index contributed by atoms with van der Waals surface area (Å²) in [5, 5.41) is 24.3. The number of nitrogens with one attached hydrogen (secondary N) is 1. The van der Waals surface area contributed by atoms with Crippen molar-refractivity contribution in [1.29, 1.82) is 5.26 Å². The molecule has 11 heteroatoms. The maximum Gasteiger partial charge on any atom is 0.417 e. The number of fused-ring (bicyclic) bond motifs is 1. The van der Waals surface area contributed by atoms with Crippen molar-refractivity contribution in [1.82, 2.24) is 0 Å². The highest BCUT2D eigenvalue weighted by Crippen LogP contribution is 2.34. The monoisotopic (exact) mass is 556 g/mol. The molecule has 4 aromatic carbocycles. The molecule has 39 heavy (non-hydrogen) atoms. The number of rotatable bonds is 7. The van der Waals surface area contributed by atoms with Crippen molar-refractivity contribution in [2.45, 2.75) is 23.1 Å². The fourth-order valence-electron chi connectivity index (χ4n) is 4.12. The van der Waals surface area contributed by atoms with Crippen molar-refractivity contribution in [3.8, 4) is 6.07 Å². The molecule has 1 atom stereocenters. The zero-order valence-corrected chi connectivity index (χ0v) is 20.9. The summed E-state index contributed by atoms with van der Waals surface area (Å²) in [7, 11) is -4.38. The molecule has 1 amide bonds. The molecule has 0 unspecified atom stereocenters. The Kier molecular flexibility index (Phi) is 7.46. The predicted molar refractivity (Wildman–Crippen MR) is 136 cm³/mol. The molecule has 0 aliphatic rings. The first-order valence-electron chi connectivity index (χ1n) is 11.4. The molecule has 6 nitrogen and oxygen atoms in total. The van der Waals surface area contributed by atoms with Gasteiger partial charge in [0.05, 0.1) is 27.8 Å². The molecule has 200 valence electrons. The highest BCUT2D eigenvalue weighted by molar-refractivity contribution is 7.91. The number of hydrogen-bond donors (Lipinski definition) is 2. The summed E-state index contributed by atoms with van der Waals surface area (Å²) in [6, 6.07) is 19.8. The van der Waals surface area contributed by atoms with Gasteiger partial charge >= 0.3 is 6.18 Å². The smallest absolute Gasteiger partial charge is 0.379 e. The zero-order valence-electron chi connectivity index (χ0n) is 20.0.